The van der Waals surface area contributed by atoms with Gasteiger partial charge in [-0.25, -0.2) is 4.98 Å². The third kappa shape index (κ3) is 5.44. The molecule has 3 rings (SSSR count). The van der Waals surface area contributed by atoms with Gasteiger partial charge in [-0.1, -0.05) is 18.7 Å². The van der Waals surface area contributed by atoms with E-state index in [0.29, 0.717) is 12.2 Å². The lowest BCUT2D eigenvalue weighted by Crippen LogP contribution is -2.38. The molecule has 1 aliphatic rings. The Hall–Kier alpha value is -3.14. The molecule has 10 heteroatoms. The fraction of sp³-hybridized carbons (Fsp3) is 0.316. The van der Waals surface area contributed by atoms with Crippen molar-refractivity contribution >= 4 is 29.0 Å². The third-order valence-electron chi connectivity index (χ3n) is 4.35. The Morgan fingerprint density at radius 1 is 1.28 bits per heavy atom. The van der Waals surface area contributed by atoms with Crippen LogP contribution in [0.5, 0.6) is 0 Å². The molecule has 1 aromatic heterocycles. The number of piperidine rings is 1. The Morgan fingerprint density at radius 2 is 2.03 bits per heavy atom. The van der Waals surface area contributed by atoms with Crippen LogP contribution in [0.2, 0.25) is 0 Å². The van der Waals surface area contributed by atoms with Crippen LogP contribution in [-0.4, -0.2) is 35.0 Å². The third-order valence-corrected chi connectivity index (χ3v) is 4.35. The van der Waals surface area contributed by atoms with Gasteiger partial charge in [-0.05, 0) is 37.6 Å². The topological polar surface area (TPSA) is 91.0 Å². The summed E-state index contributed by atoms with van der Waals surface area (Å²) in [6, 6.07) is 6.42. The summed E-state index contributed by atoms with van der Waals surface area (Å²) in [7, 11) is 0. The smallest absolute Gasteiger partial charge is 0.350 e. The Bertz CT molecular complexity index is 880. The minimum absolute atomic E-state index is 0.0347. The summed E-state index contributed by atoms with van der Waals surface area (Å²) in [6.07, 6.45) is -0.995. The Morgan fingerprint density at radius 3 is 2.69 bits per heavy atom. The predicted octanol–water partition coefficient (Wildman–Crippen LogP) is 3.53. The molecular formula is C19H21F3N6O. The van der Waals surface area contributed by atoms with Crippen LogP contribution in [-0.2, 0) is 11.0 Å². The molecule has 0 aliphatic carbocycles. The molecule has 0 bridgehead atoms. The number of benzene rings is 1. The summed E-state index contributed by atoms with van der Waals surface area (Å²) < 4.78 is 40.4. The van der Waals surface area contributed by atoms with Gasteiger partial charge in [-0.15, -0.1) is 0 Å². The molecule has 1 saturated heterocycles. The summed E-state index contributed by atoms with van der Waals surface area (Å²) in [5, 5.41) is 11.5. The van der Waals surface area contributed by atoms with Gasteiger partial charge in [0.05, 0.1) is 11.4 Å². The number of aromatic nitrogens is 2. The SMILES string of the molecule is C=CC(=O)Nc1ccccc1Nc1nc(NC2CCCNC2)ncc1C(F)(F)F. The lowest BCUT2D eigenvalue weighted by atomic mass is 10.1. The molecule has 0 saturated carbocycles. The second-order valence-electron chi connectivity index (χ2n) is 6.51. The molecule has 4 N–H and O–H groups in total. The van der Waals surface area contributed by atoms with Crippen LogP contribution < -0.4 is 21.3 Å². The van der Waals surface area contributed by atoms with E-state index in [1.54, 1.807) is 24.3 Å². The molecule has 1 aliphatic heterocycles. The molecule has 1 unspecified atom stereocenters. The molecule has 1 fully saturated rings. The summed E-state index contributed by atoms with van der Waals surface area (Å²) in [5.74, 6) is -0.786. The number of halogens is 3. The first kappa shape index (κ1) is 20.6. The minimum Gasteiger partial charge on any atom is -0.350 e. The highest BCUT2D eigenvalue weighted by Crippen LogP contribution is 2.36. The van der Waals surface area contributed by atoms with Gasteiger partial charge in [0, 0.05) is 18.8 Å². The van der Waals surface area contributed by atoms with Crippen molar-refractivity contribution in [3.8, 4) is 0 Å². The van der Waals surface area contributed by atoms with Crippen LogP contribution in [0, 0.1) is 0 Å². The Labute approximate surface area is 165 Å². The molecular weight excluding hydrogens is 385 g/mol. The number of carbonyl (C=O) groups is 1. The van der Waals surface area contributed by atoms with E-state index in [-0.39, 0.29) is 17.7 Å². The standard InChI is InChI=1S/C19H21F3N6O/c1-2-16(29)26-14-7-3-4-8-15(14)27-17-13(19(20,21)22)11-24-18(28-17)25-12-6-5-9-23-10-12/h2-4,7-8,11-12,23H,1,5-6,9-10H2,(H,26,29)(H2,24,25,27,28). The van der Waals surface area contributed by atoms with E-state index in [1.807, 2.05) is 0 Å². The van der Waals surface area contributed by atoms with Crippen molar-refractivity contribution in [3.63, 3.8) is 0 Å². The van der Waals surface area contributed by atoms with Crippen molar-refractivity contribution in [1.29, 1.82) is 0 Å². The first-order valence-corrected chi connectivity index (χ1v) is 9.08. The van der Waals surface area contributed by atoms with E-state index < -0.39 is 23.5 Å². The number of nitrogens with one attached hydrogen (secondary N) is 4. The Kier molecular flexibility index (Phi) is 6.32. The summed E-state index contributed by atoms with van der Waals surface area (Å²) >= 11 is 0. The molecule has 1 aromatic carbocycles. The first-order chi connectivity index (χ1) is 13.9. The maximum Gasteiger partial charge on any atom is 0.421 e. The second kappa shape index (κ2) is 8.91. The van der Waals surface area contributed by atoms with Gasteiger partial charge < -0.3 is 21.3 Å². The summed E-state index contributed by atoms with van der Waals surface area (Å²) in [5.41, 5.74) is -0.443. The maximum absolute atomic E-state index is 13.5. The van der Waals surface area contributed by atoms with Crippen molar-refractivity contribution in [1.82, 2.24) is 15.3 Å². The van der Waals surface area contributed by atoms with Gasteiger partial charge in [0.15, 0.2) is 0 Å². The normalized spacial score (nSPS) is 16.7. The number of alkyl halides is 3. The number of rotatable bonds is 6. The van der Waals surface area contributed by atoms with Crippen LogP contribution in [0.1, 0.15) is 18.4 Å². The van der Waals surface area contributed by atoms with Crippen LogP contribution in [0.4, 0.5) is 36.3 Å². The molecule has 1 amide bonds. The number of nitrogens with zero attached hydrogens (tertiary/aromatic N) is 2. The first-order valence-electron chi connectivity index (χ1n) is 9.08. The molecule has 154 valence electrons. The highest BCUT2D eigenvalue weighted by atomic mass is 19.4. The zero-order valence-corrected chi connectivity index (χ0v) is 15.5. The second-order valence-corrected chi connectivity index (χ2v) is 6.51. The highest BCUT2D eigenvalue weighted by molar-refractivity contribution is 6.01. The number of anilines is 4. The lowest BCUT2D eigenvalue weighted by Gasteiger charge is -2.24. The molecule has 29 heavy (non-hydrogen) atoms. The minimum atomic E-state index is -4.65. The zero-order valence-electron chi connectivity index (χ0n) is 15.5. The number of amides is 1. The molecule has 2 heterocycles. The van der Waals surface area contributed by atoms with Gasteiger partial charge in [0.25, 0.3) is 0 Å². The van der Waals surface area contributed by atoms with E-state index >= 15 is 0 Å². The number of para-hydroxylation sites is 2. The van der Waals surface area contributed by atoms with Gasteiger partial charge >= 0.3 is 6.18 Å². The predicted molar refractivity (Wildman–Crippen MR) is 105 cm³/mol. The average molecular weight is 406 g/mol. The van der Waals surface area contributed by atoms with E-state index in [9.17, 15) is 18.0 Å². The van der Waals surface area contributed by atoms with Gasteiger partial charge in [0.1, 0.15) is 11.4 Å². The quantitative estimate of drug-likeness (QED) is 0.549. The van der Waals surface area contributed by atoms with Gasteiger partial charge in [0.2, 0.25) is 11.9 Å². The number of hydrogen-bond donors (Lipinski definition) is 4. The van der Waals surface area contributed by atoms with E-state index in [2.05, 4.69) is 37.8 Å². The lowest BCUT2D eigenvalue weighted by molar-refractivity contribution is -0.137. The van der Waals surface area contributed by atoms with Crippen molar-refractivity contribution in [2.45, 2.75) is 25.1 Å². The Balaban J connectivity index is 1.91. The molecule has 0 radical (unpaired) electrons. The van der Waals surface area contributed by atoms with Crippen LogP contribution >= 0.6 is 0 Å². The molecule has 0 spiro atoms. The van der Waals surface area contributed by atoms with Crippen molar-refractivity contribution in [2.75, 3.05) is 29.0 Å². The van der Waals surface area contributed by atoms with E-state index in [0.717, 1.165) is 31.7 Å². The van der Waals surface area contributed by atoms with E-state index in [1.165, 1.54) is 0 Å². The van der Waals surface area contributed by atoms with Crippen molar-refractivity contribution < 1.29 is 18.0 Å². The highest BCUT2D eigenvalue weighted by Gasteiger charge is 2.35. The maximum atomic E-state index is 13.5. The van der Waals surface area contributed by atoms with Gasteiger partial charge in [-0.2, -0.15) is 18.2 Å². The molecule has 7 nitrogen and oxygen atoms in total. The number of hydrogen-bond acceptors (Lipinski definition) is 6. The average Bonchev–Trinajstić information content (AvgIpc) is 2.69. The van der Waals surface area contributed by atoms with Crippen LogP contribution in [0.15, 0.2) is 43.1 Å². The van der Waals surface area contributed by atoms with Crippen LogP contribution in [0.3, 0.4) is 0 Å². The molecule has 1 atom stereocenters. The fourth-order valence-corrected chi connectivity index (χ4v) is 2.92. The largest absolute Gasteiger partial charge is 0.421 e. The van der Waals surface area contributed by atoms with Crippen molar-refractivity contribution in [3.05, 3.63) is 48.7 Å². The van der Waals surface area contributed by atoms with Crippen LogP contribution in [0.25, 0.3) is 0 Å². The van der Waals surface area contributed by atoms with E-state index in [4.69, 9.17) is 0 Å². The summed E-state index contributed by atoms with van der Waals surface area (Å²) in [4.78, 5) is 19.5. The fourth-order valence-electron chi connectivity index (χ4n) is 2.92. The monoisotopic (exact) mass is 406 g/mol. The molecule has 2 aromatic rings. The number of carbonyl (C=O) groups excluding carboxylic acids is 1. The zero-order chi connectivity index (χ0) is 20.9. The van der Waals surface area contributed by atoms with Gasteiger partial charge in [-0.3, -0.25) is 4.79 Å². The van der Waals surface area contributed by atoms with Crippen molar-refractivity contribution in [2.24, 2.45) is 0 Å². The summed E-state index contributed by atoms with van der Waals surface area (Å²) in [6.45, 7) is 4.96.